The lowest BCUT2D eigenvalue weighted by molar-refractivity contribution is 0.444. The van der Waals surface area contributed by atoms with Gasteiger partial charge in [-0.3, -0.25) is 9.67 Å². The van der Waals surface area contributed by atoms with E-state index < -0.39 is 0 Å². The number of hydrogen-bond donors (Lipinski definition) is 2. The Morgan fingerprint density at radius 3 is 2.68 bits per heavy atom. The highest BCUT2D eigenvalue weighted by atomic mass is 127. The highest BCUT2D eigenvalue weighted by Crippen LogP contribution is 2.10. The first kappa shape index (κ1) is 21.2. The zero-order valence-corrected chi connectivity index (χ0v) is 16.8. The molecule has 1 atom stereocenters. The molecule has 0 radical (unpaired) electrons. The summed E-state index contributed by atoms with van der Waals surface area (Å²) in [5.74, 6) is 1.63. The van der Waals surface area contributed by atoms with Gasteiger partial charge in [0.1, 0.15) is 0 Å². The van der Waals surface area contributed by atoms with Crippen LogP contribution in [-0.2, 0) is 13.5 Å². The fourth-order valence-corrected chi connectivity index (χ4v) is 2.33. The van der Waals surface area contributed by atoms with Crippen LogP contribution in [0.25, 0.3) is 0 Å². The van der Waals surface area contributed by atoms with Crippen molar-refractivity contribution >= 4 is 29.9 Å². The van der Waals surface area contributed by atoms with Crippen LogP contribution in [0.1, 0.15) is 45.1 Å². The largest absolute Gasteiger partial charge is 0.356 e. The minimum atomic E-state index is 0. The van der Waals surface area contributed by atoms with Crippen LogP contribution in [0.3, 0.4) is 0 Å². The zero-order valence-electron chi connectivity index (χ0n) is 14.4. The smallest absolute Gasteiger partial charge is 0.190 e. The number of rotatable bonds is 9. The van der Waals surface area contributed by atoms with Gasteiger partial charge in [0, 0.05) is 33.4 Å². The lowest BCUT2D eigenvalue weighted by atomic mass is 9.99. The minimum Gasteiger partial charge on any atom is -0.356 e. The average Bonchev–Trinajstić information content (AvgIpc) is 2.91. The van der Waals surface area contributed by atoms with Crippen LogP contribution in [0.2, 0.25) is 0 Å². The third-order valence-corrected chi connectivity index (χ3v) is 3.79. The Morgan fingerprint density at radius 2 is 2.14 bits per heavy atom. The van der Waals surface area contributed by atoms with Crippen LogP contribution in [0.4, 0.5) is 0 Å². The molecular weight excluding hydrogens is 389 g/mol. The Morgan fingerprint density at radius 1 is 1.36 bits per heavy atom. The van der Waals surface area contributed by atoms with Crippen molar-refractivity contribution in [3.63, 3.8) is 0 Å². The summed E-state index contributed by atoms with van der Waals surface area (Å²) in [6, 6.07) is 0. The second kappa shape index (κ2) is 12.7. The molecule has 22 heavy (non-hydrogen) atoms. The van der Waals surface area contributed by atoms with E-state index in [0.29, 0.717) is 0 Å². The summed E-state index contributed by atoms with van der Waals surface area (Å²) >= 11 is 0. The number of aromatic nitrogens is 2. The molecule has 0 aliphatic carbocycles. The molecule has 0 fully saturated rings. The van der Waals surface area contributed by atoms with Crippen LogP contribution in [-0.4, -0.2) is 35.9 Å². The standard InChI is InChI=1S/C16H31N5.HI/c1-5-7-8-14(6-2)11-19-16(17-3)18-10-9-15-12-20-21(4)13-15;/h12-14H,5-11H2,1-4H3,(H2,17,18,19);1H. The Balaban J connectivity index is 0.00000441. The van der Waals surface area contributed by atoms with E-state index >= 15 is 0 Å². The van der Waals surface area contributed by atoms with Gasteiger partial charge in [-0.2, -0.15) is 5.10 Å². The Hall–Kier alpha value is -0.790. The van der Waals surface area contributed by atoms with Crippen molar-refractivity contribution < 1.29 is 0 Å². The van der Waals surface area contributed by atoms with Crippen LogP contribution in [0, 0.1) is 5.92 Å². The first-order valence-corrected chi connectivity index (χ1v) is 8.11. The molecule has 0 spiro atoms. The number of hydrogen-bond acceptors (Lipinski definition) is 2. The van der Waals surface area contributed by atoms with Crippen molar-refractivity contribution in [2.24, 2.45) is 18.0 Å². The van der Waals surface area contributed by atoms with Gasteiger partial charge in [0.2, 0.25) is 0 Å². The van der Waals surface area contributed by atoms with Gasteiger partial charge >= 0.3 is 0 Å². The van der Waals surface area contributed by atoms with Crippen LogP contribution >= 0.6 is 24.0 Å². The lowest BCUT2D eigenvalue weighted by Gasteiger charge is -2.17. The molecule has 1 unspecified atom stereocenters. The summed E-state index contributed by atoms with van der Waals surface area (Å²) in [6.45, 7) is 6.39. The summed E-state index contributed by atoms with van der Waals surface area (Å²) in [4.78, 5) is 4.28. The van der Waals surface area contributed by atoms with Crippen molar-refractivity contribution in [2.45, 2.75) is 46.0 Å². The molecule has 0 aromatic carbocycles. The summed E-state index contributed by atoms with van der Waals surface area (Å²) in [6.07, 6.45) is 10.0. The molecule has 0 amide bonds. The topological polar surface area (TPSA) is 54.2 Å². The highest BCUT2D eigenvalue weighted by Gasteiger charge is 2.07. The molecule has 5 nitrogen and oxygen atoms in total. The van der Waals surface area contributed by atoms with Crippen molar-refractivity contribution in [1.29, 1.82) is 0 Å². The van der Waals surface area contributed by atoms with Crippen molar-refractivity contribution in [2.75, 3.05) is 20.1 Å². The summed E-state index contributed by atoms with van der Waals surface area (Å²) in [5.41, 5.74) is 1.25. The van der Waals surface area contributed by atoms with E-state index in [1.54, 1.807) is 0 Å². The molecule has 0 bridgehead atoms. The van der Waals surface area contributed by atoms with Gasteiger partial charge < -0.3 is 10.6 Å². The number of nitrogens with one attached hydrogen (secondary N) is 2. The van der Waals surface area contributed by atoms with E-state index in [2.05, 4.69) is 40.8 Å². The zero-order chi connectivity index (χ0) is 15.5. The summed E-state index contributed by atoms with van der Waals surface area (Å²) in [5, 5.41) is 11.0. The van der Waals surface area contributed by atoms with Crippen molar-refractivity contribution in [3.05, 3.63) is 18.0 Å². The monoisotopic (exact) mass is 421 g/mol. The molecule has 6 heteroatoms. The fourth-order valence-electron chi connectivity index (χ4n) is 2.33. The number of guanidine groups is 1. The Kier molecular flexibility index (Phi) is 12.3. The summed E-state index contributed by atoms with van der Waals surface area (Å²) < 4.78 is 1.84. The van der Waals surface area contributed by atoms with Gasteiger partial charge in [0.15, 0.2) is 5.96 Å². The maximum Gasteiger partial charge on any atom is 0.190 e. The molecule has 0 saturated carbocycles. The first-order chi connectivity index (χ1) is 10.2. The lowest BCUT2D eigenvalue weighted by Crippen LogP contribution is -2.40. The maximum atomic E-state index is 4.28. The quantitative estimate of drug-likeness (QED) is 0.366. The predicted molar refractivity (Wildman–Crippen MR) is 105 cm³/mol. The molecule has 1 heterocycles. The van der Waals surface area contributed by atoms with Gasteiger partial charge in [-0.15, -0.1) is 24.0 Å². The molecule has 0 aliphatic rings. The highest BCUT2D eigenvalue weighted by molar-refractivity contribution is 14.0. The molecule has 1 rings (SSSR count). The van der Waals surface area contributed by atoms with E-state index in [4.69, 9.17) is 0 Å². The third-order valence-electron chi connectivity index (χ3n) is 3.79. The summed E-state index contributed by atoms with van der Waals surface area (Å²) in [7, 11) is 3.77. The number of aryl methyl sites for hydroxylation is 1. The Bertz CT molecular complexity index is 416. The van der Waals surface area contributed by atoms with Gasteiger partial charge in [-0.05, 0) is 24.3 Å². The molecule has 128 valence electrons. The normalized spacial score (nSPS) is 12.6. The maximum absolute atomic E-state index is 4.28. The average molecular weight is 421 g/mol. The van der Waals surface area contributed by atoms with E-state index in [-0.39, 0.29) is 24.0 Å². The SMILES string of the molecule is CCCCC(CC)CNC(=NC)NCCc1cnn(C)c1.I. The predicted octanol–water partition coefficient (Wildman–Crippen LogP) is 2.96. The van der Waals surface area contributed by atoms with E-state index in [1.807, 2.05) is 25.0 Å². The number of halogens is 1. The van der Waals surface area contributed by atoms with Crippen molar-refractivity contribution in [3.8, 4) is 0 Å². The van der Waals surface area contributed by atoms with Gasteiger partial charge in [-0.25, -0.2) is 0 Å². The van der Waals surface area contributed by atoms with Crippen LogP contribution in [0.15, 0.2) is 17.4 Å². The van der Waals surface area contributed by atoms with E-state index in [0.717, 1.165) is 31.4 Å². The van der Waals surface area contributed by atoms with Gasteiger partial charge in [0.05, 0.1) is 6.20 Å². The minimum absolute atomic E-state index is 0. The van der Waals surface area contributed by atoms with Crippen LogP contribution < -0.4 is 10.6 Å². The van der Waals surface area contributed by atoms with Gasteiger partial charge in [0.25, 0.3) is 0 Å². The molecule has 0 saturated heterocycles. The van der Waals surface area contributed by atoms with E-state index in [1.165, 1.54) is 31.2 Å². The van der Waals surface area contributed by atoms with E-state index in [9.17, 15) is 0 Å². The molecule has 1 aromatic rings. The second-order valence-corrected chi connectivity index (χ2v) is 5.57. The molecule has 1 aromatic heterocycles. The number of unbranched alkanes of at least 4 members (excludes halogenated alkanes) is 1. The molecular formula is C16H32IN5. The van der Waals surface area contributed by atoms with Crippen LogP contribution in [0.5, 0.6) is 0 Å². The number of aliphatic imine (C=N–C) groups is 1. The second-order valence-electron chi connectivity index (χ2n) is 5.57. The van der Waals surface area contributed by atoms with Crippen molar-refractivity contribution in [1.82, 2.24) is 20.4 Å². The molecule has 2 N–H and O–H groups in total. The number of nitrogens with zero attached hydrogens (tertiary/aromatic N) is 3. The van der Waals surface area contributed by atoms with Gasteiger partial charge in [-0.1, -0.05) is 33.1 Å². The first-order valence-electron chi connectivity index (χ1n) is 8.11. The fraction of sp³-hybridized carbons (Fsp3) is 0.750. The Labute approximate surface area is 152 Å². The third kappa shape index (κ3) is 8.60. The molecule has 0 aliphatic heterocycles.